The van der Waals surface area contributed by atoms with Crippen molar-refractivity contribution < 1.29 is 33.4 Å². The quantitative estimate of drug-likeness (QED) is 0.247. The third-order valence-corrected chi connectivity index (χ3v) is 3.50. The molecule has 0 saturated carbocycles. The van der Waals surface area contributed by atoms with Crippen LogP contribution in [0.3, 0.4) is 0 Å². The lowest BCUT2D eigenvalue weighted by molar-refractivity contribution is -0.164. The highest BCUT2D eigenvalue weighted by atomic mass is 16.6. The summed E-state index contributed by atoms with van der Waals surface area (Å²) < 4.78 is 9.56. The van der Waals surface area contributed by atoms with Crippen molar-refractivity contribution in [1.82, 2.24) is 5.32 Å². The Hall–Kier alpha value is -2.54. The number of carbonyl (C=O) groups excluding carboxylic acids is 4. The number of amides is 1. The normalized spacial score (nSPS) is 20.4. The van der Waals surface area contributed by atoms with E-state index in [-0.39, 0.29) is 6.42 Å². The van der Waals surface area contributed by atoms with Gasteiger partial charge in [0.15, 0.2) is 0 Å². The van der Waals surface area contributed by atoms with Crippen molar-refractivity contribution in [2.75, 3.05) is 13.7 Å². The summed E-state index contributed by atoms with van der Waals surface area (Å²) in [5.74, 6) is -3.74. The summed E-state index contributed by atoms with van der Waals surface area (Å²) in [7, 11) is 1.00. The van der Waals surface area contributed by atoms with Gasteiger partial charge in [-0.1, -0.05) is 0 Å². The Kier molecular flexibility index (Phi) is 5.98. The van der Waals surface area contributed by atoms with Crippen molar-refractivity contribution in [3.63, 3.8) is 0 Å². The number of rotatable bonds is 5. The number of hydrogen-bond donors (Lipinski definition) is 1. The van der Waals surface area contributed by atoms with Gasteiger partial charge in [0, 0.05) is 6.54 Å². The Morgan fingerprint density at radius 1 is 1.33 bits per heavy atom. The van der Waals surface area contributed by atoms with E-state index in [0.717, 1.165) is 7.11 Å². The number of methoxy groups -OCH3 is 1. The summed E-state index contributed by atoms with van der Waals surface area (Å²) in [6.45, 7) is 5.28. The molecule has 1 fully saturated rings. The van der Waals surface area contributed by atoms with Crippen LogP contribution >= 0.6 is 0 Å². The molecule has 1 atom stereocenters. The first-order valence-corrected chi connectivity index (χ1v) is 7.42. The molecule has 0 unspecified atom stereocenters. The molecule has 0 aromatic heterocycles. The zero-order valence-electron chi connectivity index (χ0n) is 14.2. The molecule has 24 heavy (non-hydrogen) atoms. The fraction of sp³-hybridized carbons (Fsp3) is 0.667. The Bertz CT molecular complexity index is 615. The average Bonchev–Trinajstić information content (AvgIpc) is 2.48. The van der Waals surface area contributed by atoms with Gasteiger partial charge in [-0.25, -0.2) is 4.79 Å². The summed E-state index contributed by atoms with van der Waals surface area (Å²) in [6.07, 6.45) is -0.127. The van der Waals surface area contributed by atoms with Gasteiger partial charge in [0.1, 0.15) is 11.0 Å². The first-order valence-electron chi connectivity index (χ1n) is 7.42. The van der Waals surface area contributed by atoms with E-state index in [4.69, 9.17) is 10.3 Å². The van der Waals surface area contributed by atoms with Crippen LogP contribution < -0.4 is 5.32 Å². The fourth-order valence-electron chi connectivity index (χ4n) is 2.47. The Morgan fingerprint density at radius 2 is 1.96 bits per heavy atom. The van der Waals surface area contributed by atoms with Crippen LogP contribution in [0.2, 0.25) is 0 Å². The predicted octanol–water partition coefficient (Wildman–Crippen LogP) is 0.0275. The van der Waals surface area contributed by atoms with Crippen LogP contribution in [0.5, 0.6) is 0 Å². The Balaban J connectivity index is 3.23. The maximum atomic E-state index is 12.7. The molecule has 1 aliphatic rings. The molecular weight excluding hydrogens is 318 g/mol. The number of nitrogens with one attached hydrogen (secondary N) is 1. The first kappa shape index (κ1) is 19.5. The zero-order chi connectivity index (χ0) is 18.5. The fourth-order valence-corrected chi connectivity index (χ4v) is 2.47. The van der Waals surface area contributed by atoms with Crippen molar-refractivity contribution in [2.24, 2.45) is 5.41 Å². The van der Waals surface area contributed by atoms with Crippen molar-refractivity contribution in [3.8, 4) is 0 Å². The van der Waals surface area contributed by atoms with E-state index >= 15 is 0 Å². The van der Waals surface area contributed by atoms with Crippen LogP contribution in [0.1, 0.15) is 40.0 Å². The third kappa shape index (κ3) is 4.26. The molecule has 1 saturated heterocycles. The molecule has 132 valence electrons. The van der Waals surface area contributed by atoms with Gasteiger partial charge in [0.25, 0.3) is 5.78 Å². The molecule has 9 nitrogen and oxygen atoms in total. The monoisotopic (exact) mass is 339 g/mol. The van der Waals surface area contributed by atoms with E-state index < -0.39 is 46.8 Å². The predicted molar refractivity (Wildman–Crippen MR) is 80.8 cm³/mol. The van der Waals surface area contributed by atoms with E-state index in [9.17, 15) is 19.2 Å². The van der Waals surface area contributed by atoms with Gasteiger partial charge in [0.05, 0.1) is 13.5 Å². The number of Topliss-reactive ketones (excluding diaryl/α,β-unsaturated/α-hetero) is 1. The lowest BCUT2D eigenvalue weighted by Gasteiger charge is -2.33. The van der Waals surface area contributed by atoms with Gasteiger partial charge in [-0.05, 0) is 33.6 Å². The summed E-state index contributed by atoms with van der Waals surface area (Å²) in [6, 6.07) is 0. The lowest BCUT2D eigenvalue weighted by Crippen LogP contribution is -2.55. The van der Waals surface area contributed by atoms with Gasteiger partial charge in [0.2, 0.25) is 5.91 Å². The van der Waals surface area contributed by atoms with Gasteiger partial charge >= 0.3 is 17.7 Å². The molecular formula is C15H21N3O6. The number of esters is 2. The minimum Gasteiger partial charge on any atom is -0.460 e. The molecule has 0 radical (unpaired) electrons. The number of ether oxygens (including phenoxy) is 2. The maximum absolute atomic E-state index is 12.7. The molecule has 9 heteroatoms. The smallest absolute Gasteiger partial charge is 0.442 e. The van der Waals surface area contributed by atoms with Gasteiger partial charge < -0.3 is 20.3 Å². The van der Waals surface area contributed by atoms with Crippen LogP contribution in [0.25, 0.3) is 5.53 Å². The van der Waals surface area contributed by atoms with E-state index in [1.165, 1.54) is 0 Å². The van der Waals surface area contributed by atoms with Crippen molar-refractivity contribution >= 4 is 29.3 Å². The summed E-state index contributed by atoms with van der Waals surface area (Å²) in [4.78, 5) is 51.5. The van der Waals surface area contributed by atoms with Crippen LogP contribution in [0.4, 0.5) is 0 Å². The summed E-state index contributed by atoms with van der Waals surface area (Å²) >= 11 is 0. The highest BCUT2D eigenvalue weighted by Gasteiger charge is 2.55. The number of carbonyl (C=O) groups is 4. The highest BCUT2D eigenvalue weighted by Crippen LogP contribution is 2.34. The number of hydrogen-bond acceptors (Lipinski definition) is 6. The van der Waals surface area contributed by atoms with Gasteiger partial charge in [-0.3, -0.25) is 14.4 Å². The molecule has 0 aliphatic carbocycles. The molecule has 0 bridgehead atoms. The first-order chi connectivity index (χ1) is 11.1. The van der Waals surface area contributed by atoms with Crippen LogP contribution in [-0.4, -0.2) is 53.4 Å². The molecule has 0 aromatic carbocycles. The molecule has 0 spiro atoms. The molecule has 0 aromatic rings. The second-order valence-electron chi connectivity index (χ2n) is 6.47. The van der Waals surface area contributed by atoms with Crippen LogP contribution in [-0.2, 0) is 28.7 Å². The summed E-state index contributed by atoms with van der Waals surface area (Å²) in [5.41, 5.74) is 5.37. The van der Waals surface area contributed by atoms with E-state index in [2.05, 4.69) is 14.8 Å². The Morgan fingerprint density at radius 3 is 2.42 bits per heavy atom. The number of nitrogens with zero attached hydrogens (tertiary/aromatic N) is 2. The second-order valence-corrected chi connectivity index (χ2v) is 6.47. The topological polar surface area (TPSA) is 135 Å². The largest absolute Gasteiger partial charge is 0.460 e. The molecule has 1 aliphatic heterocycles. The molecule has 1 heterocycles. The van der Waals surface area contributed by atoms with Crippen molar-refractivity contribution in [3.05, 3.63) is 5.53 Å². The maximum Gasteiger partial charge on any atom is 0.442 e. The second kappa shape index (κ2) is 7.35. The SMILES string of the molecule is COC(=O)C(=[N+]=[N-])C(=O)[C@]1(CC(=O)OC(C)(C)C)CCCNC1=O. The number of ketones is 1. The molecule has 1 amide bonds. The molecule has 1 N–H and O–H groups in total. The van der Waals surface area contributed by atoms with E-state index in [1.54, 1.807) is 20.8 Å². The van der Waals surface area contributed by atoms with E-state index in [0.29, 0.717) is 13.0 Å². The van der Waals surface area contributed by atoms with Gasteiger partial charge in [-0.2, -0.15) is 4.79 Å². The lowest BCUT2D eigenvalue weighted by atomic mass is 9.72. The highest BCUT2D eigenvalue weighted by molar-refractivity contribution is 6.64. The molecule has 1 rings (SSSR count). The minimum atomic E-state index is -1.86. The number of piperidine rings is 1. The zero-order valence-corrected chi connectivity index (χ0v) is 14.2. The van der Waals surface area contributed by atoms with Crippen molar-refractivity contribution in [1.29, 1.82) is 0 Å². The standard InChI is InChI=1S/C15H21N3O6/c1-14(2,3)24-9(19)8-15(6-5-7-17-13(15)22)11(20)10(18-16)12(21)23-4/h5-8H2,1-4H3,(H,17,22)/t15-/m1/s1. The van der Waals surface area contributed by atoms with Crippen molar-refractivity contribution in [2.45, 2.75) is 45.6 Å². The third-order valence-electron chi connectivity index (χ3n) is 3.50. The Labute approximate surface area is 139 Å². The van der Waals surface area contributed by atoms with Crippen LogP contribution in [0.15, 0.2) is 0 Å². The van der Waals surface area contributed by atoms with Gasteiger partial charge in [-0.15, -0.1) is 0 Å². The minimum absolute atomic E-state index is 0.0208. The van der Waals surface area contributed by atoms with E-state index in [1.807, 2.05) is 0 Å². The summed E-state index contributed by atoms with van der Waals surface area (Å²) in [5, 5.41) is 2.50. The average molecular weight is 339 g/mol. The van der Waals surface area contributed by atoms with Crippen LogP contribution in [0, 0.1) is 5.41 Å².